The first-order chi connectivity index (χ1) is 24.2. The zero-order valence-corrected chi connectivity index (χ0v) is 36.6. The molecule has 2 heteroatoms. The van der Waals surface area contributed by atoms with Crippen molar-refractivity contribution >= 4 is 40.8 Å². The average Bonchev–Trinajstić information content (AvgIpc) is 3.15. The van der Waals surface area contributed by atoms with Crippen molar-refractivity contribution in [2.75, 3.05) is 0 Å². The highest BCUT2D eigenvalue weighted by Crippen LogP contribution is 2.32. The summed E-state index contributed by atoms with van der Waals surface area (Å²) in [6.45, 7) is 13.6. The van der Waals surface area contributed by atoms with Crippen molar-refractivity contribution in [2.45, 2.75) is 196 Å². The molecule has 0 aliphatic rings. The lowest BCUT2D eigenvalue weighted by molar-refractivity contribution is 0.585. The largest absolute Gasteiger partial charge is 0.114 e. The van der Waals surface area contributed by atoms with Gasteiger partial charge in [-0.3, -0.25) is 0 Å². The molecular formula is C48H82BrP. The Balaban J connectivity index is 0. The number of hydrogen-bond acceptors (Lipinski definition) is 0. The number of unbranched alkanes of at least 4 members (excludes halogenated alkanes) is 21. The molecule has 0 aliphatic heterocycles. The lowest BCUT2D eigenvalue weighted by Gasteiger charge is -2.18. The van der Waals surface area contributed by atoms with Gasteiger partial charge in [0.2, 0.25) is 0 Å². The van der Waals surface area contributed by atoms with Gasteiger partial charge < -0.3 is 0 Å². The second kappa shape index (κ2) is 42.0. The Morgan fingerprint density at radius 1 is 0.260 bits per heavy atom. The first kappa shape index (κ1) is 50.7. The summed E-state index contributed by atoms with van der Waals surface area (Å²) in [6, 6.07) is 32.3. The van der Waals surface area contributed by atoms with Gasteiger partial charge in [0.1, 0.15) is 0 Å². The fraction of sp³-hybridized carbons (Fsp3) is 0.625. The standard InChI is InChI=1S/C18H15P.3C10H22.BrH/c1-4-10-16(11-5-1)19(17-12-6-2-7-13-17)18-14-8-3-9-15-18;3*1-3-5-7-9-10-8-6-4-2;/h1-15H;3*3-10H2,1-2H3;1H. The van der Waals surface area contributed by atoms with Crippen LogP contribution in [-0.2, 0) is 0 Å². The third-order valence-corrected chi connectivity index (χ3v) is 11.4. The number of rotatable bonds is 24. The van der Waals surface area contributed by atoms with E-state index in [1.54, 1.807) is 0 Å². The topological polar surface area (TPSA) is 0 Å². The van der Waals surface area contributed by atoms with Crippen LogP contribution in [0.5, 0.6) is 0 Å². The first-order valence-electron chi connectivity index (χ1n) is 21.1. The number of hydrogen-bond donors (Lipinski definition) is 0. The van der Waals surface area contributed by atoms with Gasteiger partial charge in [-0.05, 0) is 23.8 Å². The van der Waals surface area contributed by atoms with Crippen LogP contribution in [0.1, 0.15) is 196 Å². The Labute approximate surface area is 326 Å². The zero-order valence-electron chi connectivity index (χ0n) is 34.0. The minimum atomic E-state index is -0.446. The van der Waals surface area contributed by atoms with E-state index < -0.39 is 7.92 Å². The molecule has 3 rings (SSSR count). The molecule has 0 saturated carbocycles. The third kappa shape index (κ3) is 31.3. The molecule has 0 amide bonds. The molecule has 0 saturated heterocycles. The molecule has 0 heterocycles. The van der Waals surface area contributed by atoms with E-state index in [4.69, 9.17) is 0 Å². The Morgan fingerprint density at radius 3 is 0.580 bits per heavy atom. The fourth-order valence-corrected chi connectivity index (χ4v) is 8.10. The summed E-state index contributed by atoms with van der Waals surface area (Å²) >= 11 is 0. The monoisotopic (exact) mass is 769 g/mol. The normalized spacial score (nSPS) is 10.1. The summed E-state index contributed by atoms with van der Waals surface area (Å²) in [5.74, 6) is 0. The summed E-state index contributed by atoms with van der Waals surface area (Å²) < 4.78 is 0. The molecule has 3 aromatic rings. The highest BCUT2D eigenvalue weighted by Gasteiger charge is 2.15. The van der Waals surface area contributed by atoms with Gasteiger partial charge in [0.15, 0.2) is 0 Å². The van der Waals surface area contributed by atoms with Crippen LogP contribution in [0.4, 0.5) is 0 Å². The smallest absolute Gasteiger partial charge is 0.0134 e. The van der Waals surface area contributed by atoms with Gasteiger partial charge in [0.05, 0.1) is 0 Å². The highest BCUT2D eigenvalue weighted by molar-refractivity contribution is 8.93. The molecule has 0 spiro atoms. The SMILES string of the molecule is Br.CCCCCCCCCC.CCCCCCCCCC.CCCCCCCCCC.c1ccc(P(c2ccccc2)c2ccccc2)cc1. The van der Waals surface area contributed by atoms with Gasteiger partial charge >= 0.3 is 0 Å². The van der Waals surface area contributed by atoms with Crippen LogP contribution in [0.2, 0.25) is 0 Å². The first-order valence-corrected chi connectivity index (χ1v) is 22.5. The predicted octanol–water partition coefficient (Wildman–Crippen LogP) is 16.5. The molecule has 0 bridgehead atoms. The van der Waals surface area contributed by atoms with E-state index in [1.165, 1.54) is 170 Å². The molecule has 3 aromatic carbocycles. The Morgan fingerprint density at radius 2 is 0.420 bits per heavy atom. The summed E-state index contributed by atoms with van der Waals surface area (Å²) in [7, 11) is -0.446. The van der Waals surface area contributed by atoms with Gasteiger partial charge in [-0.2, -0.15) is 0 Å². The molecular weight excluding hydrogens is 687 g/mol. The summed E-state index contributed by atoms with van der Waals surface area (Å²) in [5, 5.41) is 4.19. The van der Waals surface area contributed by atoms with Crippen molar-refractivity contribution in [3.8, 4) is 0 Å². The molecule has 0 unspecified atom stereocenters. The van der Waals surface area contributed by atoms with Crippen molar-refractivity contribution in [3.05, 3.63) is 91.0 Å². The average molecular weight is 770 g/mol. The maximum absolute atomic E-state index is 2.27. The minimum absolute atomic E-state index is 0. The van der Waals surface area contributed by atoms with Gasteiger partial charge in [0.25, 0.3) is 0 Å². The van der Waals surface area contributed by atoms with Gasteiger partial charge in [-0.15, -0.1) is 17.0 Å². The maximum atomic E-state index is 2.27. The van der Waals surface area contributed by atoms with Crippen molar-refractivity contribution in [1.29, 1.82) is 0 Å². The van der Waals surface area contributed by atoms with Crippen LogP contribution in [-0.4, -0.2) is 0 Å². The molecule has 0 radical (unpaired) electrons. The predicted molar refractivity (Wildman–Crippen MR) is 240 cm³/mol. The van der Waals surface area contributed by atoms with E-state index in [9.17, 15) is 0 Å². The maximum Gasteiger partial charge on any atom is -0.0134 e. The van der Waals surface area contributed by atoms with E-state index in [2.05, 4.69) is 133 Å². The van der Waals surface area contributed by atoms with Crippen molar-refractivity contribution < 1.29 is 0 Å². The Hall–Kier alpha value is -1.43. The lowest BCUT2D eigenvalue weighted by atomic mass is 10.1. The molecule has 0 atom stereocenters. The Kier molecular flexibility index (Phi) is 42.6. The highest BCUT2D eigenvalue weighted by atomic mass is 79.9. The second-order valence-electron chi connectivity index (χ2n) is 13.7. The van der Waals surface area contributed by atoms with E-state index in [0.717, 1.165) is 0 Å². The van der Waals surface area contributed by atoms with E-state index in [1.807, 2.05) is 0 Å². The van der Waals surface area contributed by atoms with Crippen molar-refractivity contribution in [2.24, 2.45) is 0 Å². The minimum Gasteiger partial charge on any atom is -0.114 e. The Bertz CT molecular complexity index is 834. The quantitative estimate of drug-likeness (QED) is 0.0629. The van der Waals surface area contributed by atoms with Crippen LogP contribution in [0.15, 0.2) is 91.0 Å². The van der Waals surface area contributed by atoms with Gasteiger partial charge in [-0.25, -0.2) is 0 Å². The lowest BCUT2D eigenvalue weighted by Crippen LogP contribution is -2.20. The molecule has 0 aliphatic carbocycles. The molecule has 50 heavy (non-hydrogen) atoms. The van der Waals surface area contributed by atoms with Crippen LogP contribution in [0, 0.1) is 0 Å². The summed E-state index contributed by atoms with van der Waals surface area (Å²) in [6.07, 6.45) is 34.4. The van der Waals surface area contributed by atoms with Gasteiger partial charge in [0, 0.05) is 0 Å². The van der Waals surface area contributed by atoms with Crippen LogP contribution < -0.4 is 15.9 Å². The molecule has 0 fully saturated rings. The number of benzene rings is 3. The third-order valence-electron chi connectivity index (χ3n) is 8.91. The van der Waals surface area contributed by atoms with Crippen LogP contribution in [0.3, 0.4) is 0 Å². The molecule has 0 N–H and O–H groups in total. The van der Waals surface area contributed by atoms with Crippen molar-refractivity contribution in [3.63, 3.8) is 0 Å². The fourth-order valence-electron chi connectivity index (χ4n) is 5.80. The molecule has 0 aromatic heterocycles. The molecule has 0 nitrogen and oxygen atoms in total. The van der Waals surface area contributed by atoms with E-state index in [0.29, 0.717) is 0 Å². The number of halogens is 1. The van der Waals surface area contributed by atoms with E-state index in [-0.39, 0.29) is 17.0 Å². The van der Waals surface area contributed by atoms with Gasteiger partial charge in [-0.1, -0.05) is 287 Å². The molecule has 286 valence electrons. The van der Waals surface area contributed by atoms with Crippen LogP contribution >= 0.6 is 24.9 Å². The second-order valence-corrected chi connectivity index (χ2v) is 15.9. The summed E-state index contributed by atoms with van der Waals surface area (Å²) in [5.41, 5.74) is 0. The van der Waals surface area contributed by atoms with Crippen LogP contribution in [0.25, 0.3) is 0 Å². The zero-order chi connectivity index (χ0) is 35.9. The van der Waals surface area contributed by atoms with E-state index >= 15 is 0 Å². The summed E-state index contributed by atoms with van der Waals surface area (Å²) in [4.78, 5) is 0. The van der Waals surface area contributed by atoms with Crippen molar-refractivity contribution in [1.82, 2.24) is 0 Å².